The largest absolute Gasteiger partial charge is 0.496 e. The van der Waals surface area contributed by atoms with Crippen LogP contribution in [0.3, 0.4) is 0 Å². The molecule has 7 rings (SSSR count). The molecule has 1 amide bonds. The molecule has 0 atom stereocenters. The number of ether oxygens (including phenoxy) is 1. The van der Waals surface area contributed by atoms with Crippen LogP contribution in [0.4, 0.5) is 5.82 Å². The number of nitrogens with zero attached hydrogens (tertiary/aromatic N) is 4. The third kappa shape index (κ3) is 6.36. The van der Waals surface area contributed by atoms with Gasteiger partial charge in [0, 0.05) is 36.6 Å². The summed E-state index contributed by atoms with van der Waals surface area (Å²) in [5, 5.41) is 13.4. The monoisotopic (exact) mass is 614 g/mol. The smallest absolute Gasteiger partial charge is 0.303 e. The molecule has 0 radical (unpaired) electrons. The molecule has 0 spiro atoms. The van der Waals surface area contributed by atoms with Crippen LogP contribution in [0, 0.1) is 24.2 Å². The number of carbonyl (C=O) groups excluding carboxylic acids is 1. The molecule has 4 fully saturated rings. The standard InChI is InChI=1S/C36H46N4O5/c1-23(2)32-38-33(45-39-32)27-11-18-37-30(21-27)40(34(43)26-7-5-25(6-8-26)20-31(41)42)22-35-12-15-36(16-13-35,17-14-35)28-9-10-29(44-4)24(3)19-28/h9-11,18-19,21,23,25-26H,5-8,12-17,20,22H2,1-4H3,(H,41,42). The molecule has 1 aromatic carbocycles. The number of fused-ring (bicyclic) bond motifs is 3. The van der Waals surface area contributed by atoms with Crippen LogP contribution >= 0.6 is 0 Å². The van der Waals surface area contributed by atoms with Crippen molar-refractivity contribution in [2.75, 3.05) is 18.6 Å². The number of aliphatic carboxylic acids is 1. The topological polar surface area (TPSA) is 119 Å². The summed E-state index contributed by atoms with van der Waals surface area (Å²) in [7, 11) is 1.72. The van der Waals surface area contributed by atoms with Crippen molar-refractivity contribution in [3.05, 3.63) is 53.5 Å². The van der Waals surface area contributed by atoms with Crippen molar-refractivity contribution in [2.45, 2.75) is 103 Å². The first-order chi connectivity index (χ1) is 21.6. The third-order valence-corrected chi connectivity index (χ3v) is 11.1. The van der Waals surface area contributed by atoms with Crippen LogP contribution in [0.2, 0.25) is 0 Å². The number of carboxylic acids is 1. The number of benzene rings is 1. The van der Waals surface area contributed by atoms with E-state index in [2.05, 4.69) is 35.3 Å². The Morgan fingerprint density at radius 2 is 1.76 bits per heavy atom. The molecule has 45 heavy (non-hydrogen) atoms. The molecule has 1 N–H and O–H groups in total. The van der Waals surface area contributed by atoms with Crippen LogP contribution in [0.15, 0.2) is 41.1 Å². The number of carbonyl (C=O) groups is 2. The number of carboxylic acid groups (broad SMARTS) is 1. The second-order valence-corrected chi connectivity index (χ2v) is 14.2. The van der Waals surface area contributed by atoms with E-state index in [1.807, 2.05) is 30.9 Å². The maximum absolute atomic E-state index is 14.4. The molecular weight excluding hydrogens is 568 g/mol. The molecular formula is C36H46N4O5. The Bertz CT molecular complexity index is 1520. The van der Waals surface area contributed by atoms with Gasteiger partial charge in [0.1, 0.15) is 11.6 Å². The second kappa shape index (κ2) is 12.6. The van der Waals surface area contributed by atoms with Gasteiger partial charge in [-0.25, -0.2) is 4.98 Å². The summed E-state index contributed by atoms with van der Waals surface area (Å²) in [4.78, 5) is 37.0. The maximum atomic E-state index is 14.4. The summed E-state index contributed by atoms with van der Waals surface area (Å²) in [5.74, 6) is 2.11. The fraction of sp³-hybridized carbons (Fsp3) is 0.583. The van der Waals surface area contributed by atoms with Gasteiger partial charge >= 0.3 is 5.97 Å². The van der Waals surface area contributed by atoms with Crippen molar-refractivity contribution >= 4 is 17.7 Å². The lowest BCUT2D eigenvalue weighted by Gasteiger charge is -2.55. The van der Waals surface area contributed by atoms with Gasteiger partial charge in [0.25, 0.3) is 5.89 Å². The van der Waals surface area contributed by atoms with Crippen molar-refractivity contribution in [3.8, 4) is 17.2 Å². The van der Waals surface area contributed by atoms with Gasteiger partial charge in [0.15, 0.2) is 5.82 Å². The summed E-state index contributed by atoms with van der Waals surface area (Å²) in [6, 6.07) is 10.4. The Kier molecular flexibility index (Phi) is 8.72. The molecule has 3 aromatic rings. The minimum Gasteiger partial charge on any atom is -0.496 e. The number of hydrogen-bond donors (Lipinski definition) is 1. The third-order valence-electron chi connectivity index (χ3n) is 11.1. The second-order valence-electron chi connectivity index (χ2n) is 14.2. The van der Waals surface area contributed by atoms with Crippen LogP contribution in [-0.2, 0) is 15.0 Å². The highest BCUT2D eigenvalue weighted by molar-refractivity contribution is 5.94. The van der Waals surface area contributed by atoms with Gasteiger partial charge in [0.2, 0.25) is 5.91 Å². The van der Waals surface area contributed by atoms with E-state index in [1.165, 1.54) is 11.1 Å². The fourth-order valence-corrected chi connectivity index (χ4v) is 8.12. The zero-order valence-electron chi connectivity index (χ0n) is 27.1. The predicted molar refractivity (Wildman–Crippen MR) is 171 cm³/mol. The molecule has 0 saturated heterocycles. The average Bonchev–Trinajstić information content (AvgIpc) is 3.56. The molecule has 4 aliphatic rings. The summed E-state index contributed by atoms with van der Waals surface area (Å²) >= 11 is 0. The number of rotatable bonds is 10. The van der Waals surface area contributed by atoms with E-state index in [1.54, 1.807) is 13.3 Å². The maximum Gasteiger partial charge on any atom is 0.303 e. The molecule has 4 aliphatic carbocycles. The zero-order chi connectivity index (χ0) is 31.8. The Morgan fingerprint density at radius 3 is 2.36 bits per heavy atom. The first kappa shape index (κ1) is 31.2. The van der Waals surface area contributed by atoms with Crippen LogP contribution in [0.25, 0.3) is 11.5 Å². The van der Waals surface area contributed by atoms with Crippen molar-refractivity contribution in [2.24, 2.45) is 17.3 Å². The van der Waals surface area contributed by atoms with E-state index >= 15 is 0 Å². The summed E-state index contributed by atoms with van der Waals surface area (Å²) < 4.78 is 11.1. The number of amides is 1. The van der Waals surface area contributed by atoms with Crippen LogP contribution in [-0.4, -0.2) is 45.8 Å². The van der Waals surface area contributed by atoms with Gasteiger partial charge in [0.05, 0.1) is 7.11 Å². The molecule has 9 nitrogen and oxygen atoms in total. The first-order valence-electron chi connectivity index (χ1n) is 16.6. The number of aromatic nitrogens is 3. The Balaban J connectivity index is 1.25. The summed E-state index contributed by atoms with van der Waals surface area (Å²) in [6.07, 6.45) is 11.4. The Labute approximate surface area is 265 Å². The molecule has 240 valence electrons. The highest BCUT2D eigenvalue weighted by Gasteiger charge is 2.51. The highest BCUT2D eigenvalue weighted by Crippen LogP contribution is 2.58. The van der Waals surface area contributed by atoms with Crippen molar-refractivity contribution < 1.29 is 24.0 Å². The van der Waals surface area contributed by atoms with Crippen LogP contribution in [0.1, 0.15) is 107 Å². The van der Waals surface area contributed by atoms with Crippen molar-refractivity contribution in [1.29, 1.82) is 0 Å². The molecule has 4 saturated carbocycles. The lowest BCUT2D eigenvalue weighted by molar-refractivity contribution is -0.138. The Morgan fingerprint density at radius 1 is 1.04 bits per heavy atom. The minimum atomic E-state index is -0.761. The first-order valence-corrected chi connectivity index (χ1v) is 16.6. The van der Waals surface area contributed by atoms with Gasteiger partial charge in [-0.1, -0.05) is 31.1 Å². The number of hydrogen-bond acceptors (Lipinski definition) is 7. The van der Waals surface area contributed by atoms with Crippen molar-refractivity contribution in [3.63, 3.8) is 0 Å². The van der Waals surface area contributed by atoms with Gasteiger partial charge < -0.3 is 14.4 Å². The van der Waals surface area contributed by atoms with E-state index in [0.717, 1.165) is 62.7 Å². The van der Waals surface area contributed by atoms with E-state index in [-0.39, 0.29) is 40.9 Å². The normalized spacial score (nSPS) is 26.2. The van der Waals surface area contributed by atoms with E-state index in [4.69, 9.17) is 14.2 Å². The average molecular weight is 615 g/mol. The number of methoxy groups -OCH3 is 1. The lowest BCUT2D eigenvalue weighted by Crippen LogP contribution is -2.52. The zero-order valence-corrected chi connectivity index (χ0v) is 27.1. The highest BCUT2D eigenvalue weighted by atomic mass is 16.5. The molecule has 2 aromatic heterocycles. The molecule has 0 unspecified atom stereocenters. The SMILES string of the molecule is COc1ccc(C23CCC(CN(C(=O)C4CCC(CC(=O)O)CC4)c4cc(-c5nc(C(C)C)no5)ccn4)(CC2)CC3)cc1C. The van der Waals surface area contributed by atoms with Gasteiger partial charge in [-0.3, -0.25) is 14.5 Å². The summed E-state index contributed by atoms with van der Waals surface area (Å²) in [6.45, 7) is 6.80. The summed E-state index contributed by atoms with van der Waals surface area (Å²) in [5.41, 5.74) is 3.55. The van der Waals surface area contributed by atoms with E-state index in [0.29, 0.717) is 36.9 Å². The molecule has 9 heteroatoms. The number of anilines is 1. The van der Waals surface area contributed by atoms with E-state index in [9.17, 15) is 14.7 Å². The number of pyridine rings is 1. The minimum absolute atomic E-state index is 0.0341. The van der Waals surface area contributed by atoms with Crippen molar-refractivity contribution in [1.82, 2.24) is 15.1 Å². The van der Waals surface area contributed by atoms with Gasteiger partial charge in [-0.15, -0.1) is 0 Å². The van der Waals surface area contributed by atoms with E-state index < -0.39 is 5.97 Å². The number of aryl methyl sites for hydroxylation is 1. The van der Waals surface area contributed by atoms with Crippen LogP contribution in [0.5, 0.6) is 5.75 Å². The van der Waals surface area contributed by atoms with Gasteiger partial charge in [-0.2, -0.15) is 4.98 Å². The lowest BCUT2D eigenvalue weighted by atomic mass is 9.51. The quantitative estimate of drug-likeness (QED) is 0.250. The fourth-order valence-electron chi connectivity index (χ4n) is 8.12. The molecule has 2 heterocycles. The predicted octanol–water partition coefficient (Wildman–Crippen LogP) is 7.48. The molecule has 2 bridgehead atoms. The van der Waals surface area contributed by atoms with Crippen LogP contribution < -0.4 is 9.64 Å². The Hall–Kier alpha value is -3.75. The van der Waals surface area contributed by atoms with Gasteiger partial charge in [-0.05, 0) is 117 Å². The molecule has 0 aliphatic heterocycles.